The molecule has 0 bridgehead atoms. The van der Waals surface area contributed by atoms with Gasteiger partial charge in [-0.05, 0) is 18.8 Å². The van der Waals surface area contributed by atoms with E-state index in [1.807, 2.05) is 0 Å². The van der Waals surface area contributed by atoms with Crippen LogP contribution < -0.4 is 0 Å². The third kappa shape index (κ3) is 0.927. The molecule has 0 heterocycles. The highest BCUT2D eigenvalue weighted by atomic mass is 16.5. The van der Waals surface area contributed by atoms with Crippen molar-refractivity contribution < 1.29 is 4.74 Å². The first kappa shape index (κ1) is 6.57. The van der Waals surface area contributed by atoms with Crippen molar-refractivity contribution in [1.29, 1.82) is 5.26 Å². The van der Waals surface area contributed by atoms with E-state index in [1.54, 1.807) is 7.11 Å². The highest BCUT2D eigenvalue weighted by Gasteiger charge is 2.42. The standard InChI is InChI=1S/C7H11NO/c1-6-3-7(4-6,5-8)9-2/h6H,3-4H2,1-2H3. The topological polar surface area (TPSA) is 33.0 Å². The van der Waals surface area contributed by atoms with Crippen LogP contribution in [-0.4, -0.2) is 12.7 Å². The molecule has 1 aliphatic rings. The summed E-state index contributed by atoms with van der Waals surface area (Å²) < 4.78 is 5.03. The molecule has 2 heteroatoms. The van der Waals surface area contributed by atoms with Crippen LogP contribution in [0.3, 0.4) is 0 Å². The van der Waals surface area contributed by atoms with Crippen LogP contribution in [-0.2, 0) is 4.74 Å². The van der Waals surface area contributed by atoms with Crippen molar-refractivity contribution in [2.75, 3.05) is 7.11 Å². The van der Waals surface area contributed by atoms with E-state index in [1.165, 1.54) is 0 Å². The average Bonchev–Trinajstić information content (AvgIpc) is 1.81. The maximum Gasteiger partial charge on any atom is 0.154 e. The molecular weight excluding hydrogens is 114 g/mol. The van der Waals surface area contributed by atoms with Gasteiger partial charge in [0.15, 0.2) is 5.60 Å². The summed E-state index contributed by atoms with van der Waals surface area (Å²) in [5.74, 6) is 0.671. The number of nitrogens with zero attached hydrogens (tertiary/aromatic N) is 1. The molecule has 0 aliphatic heterocycles. The van der Waals surface area contributed by atoms with E-state index in [4.69, 9.17) is 10.00 Å². The van der Waals surface area contributed by atoms with Crippen LogP contribution in [0.5, 0.6) is 0 Å². The maximum atomic E-state index is 8.58. The second-order valence-corrected chi connectivity index (χ2v) is 2.82. The molecule has 0 atom stereocenters. The molecule has 0 amide bonds. The molecule has 1 aliphatic carbocycles. The van der Waals surface area contributed by atoms with Crippen LogP contribution in [0.4, 0.5) is 0 Å². The lowest BCUT2D eigenvalue weighted by Gasteiger charge is -2.39. The van der Waals surface area contributed by atoms with Crippen molar-refractivity contribution in [2.45, 2.75) is 25.4 Å². The SMILES string of the molecule is COC1(C#N)CC(C)C1. The summed E-state index contributed by atoms with van der Waals surface area (Å²) in [5.41, 5.74) is -0.417. The van der Waals surface area contributed by atoms with Crippen LogP contribution in [0.1, 0.15) is 19.8 Å². The van der Waals surface area contributed by atoms with Gasteiger partial charge in [-0.1, -0.05) is 6.92 Å². The predicted octanol–water partition coefficient (Wildman–Crippen LogP) is 1.33. The van der Waals surface area contributed by atoms with Crippen molar-refractivity contribution in [1.82, 2.24) is 0 Å². The molecule has 0 saturated heterocycles. The zero-order chi connectivity index (χ0) is 6.91. The second-order valence-electron chi connectivity index (χ2n) is 2.82. The van der Waals surface area contributed by atoms with Gasteiger partial charge in [-0.15, -0.1) is 0 Å². The third-order valence-corrected chi connectivity index (χ3v) is 1.95. The van der Waals surface area contributed by atoms with Crippen LogP contribution in [0.25, 0.3) is 0 Å². The fourth-order valence-electron chi connectivity index (χ4n) is 1.37. The molecule has 0 N–H and O–H groups in total. The smallest absolute Gasteiger partial charge is 0.154 e. The van der Waals surface area contributed by atoms with E-state index >= 15 is 0 Å². The Labute approximate surface area is 55.4 Å². The van der Waals surface area contributed by atoms with Gasteiger partial charge in [0.1, 0.15) is 0 Å². The summed E-state index contributed by atoms with van der Waals surface area (Å²) in [6.45, 7) is 2.13. The van der Waals surface area contributed by atoms with Gasteiger partial charge in [-0.25, -0.2) is 0 Å². The van der Waals surface area contributed by atoms with E-state index in [2.05, 4.69) is 13.0 Å². The number of methoxy groups -OCH3 is 1. The van der Waals surface area contributed by atoms with Gasteiger partial charge in [-0.2, -0.15) is 5.26 Å². The maximum absolute atomic E-state index is 8.58. The normalized spacial score (nSPS) is 41.2. The van der Waals surface area contributed by atoms with E-state index < -0.39 is 5.60 Å². The van der Waals surface area contributed by atoms with Gasteiger partial charge >= 0.3 is 0 Å². The Balaban J connectivity index is 2.48. The summed E-state index contributed by atoms with van der Waals surface area (Å²) in [4.78, 5) is 0. The Morgan fingerprint density at radius 3 is 2.33 bits per heavy atom. The summed E-state index contributed by atoms with van der Waals surface area (Å²) in [6.07, 6.45) is 1.81. The molecule has 2 nitrogen and oxygen atoms in total. The van der Waals surface area contributed by atoms with Gasteiger partial charge in [0, 0.05) is 7.11 Å². The van der Waals surface area contributed by atoms with Crippen LogP contribution in [0.15, 0.2) is 0 Å². The molecule has 1 fully saturated rings. The van der Waals surface area contributed by atoms with E-state index in [0.717, 1.165) is 12.8 Å². The zero-order valence-electron chi connectivity index (χ0n) is 5.85. The fraction of sp³-hybridized carbons (Fsp3) is 0.857. The van der Waals surface area contributed by atoms with Crippen LogP contribution in [0.2, 0.25) is 0 Å². The van der Waals surface area contributed by atoms with Crippen LogP contribution in [0, 0.1) is 17.2 Å². The van der Waals surface area contributed by atoms with Crippen molar-refractivity contribution >= 4 is 0 Å². The van der Waals surface area contributed by atoms with Crippen LogP contribution >= 0.6 is 0 Å². The third-order valence-electron chi connectivity index (χ3n) is 1.95. The van der Waals surface area contributed by atoms with Gasteiger partial charge < -0.3 is 4.74 Å². The van der Waals surface area contributed by atoms with Crippen molar-refractivity contribution in [3.8, 4) is 6.07 Å². The second kappa shape index (κ2) is 2.00. The zero-order valence-corrected chi connectivity index (χ0v) is 5.85. The predicted molar refractivity (Wildman–Crippen MR) is 33.8 cm³/mol. The van der Waals surface area contributed by atoms with Crippen molar-refractivity contribution in [2.24, 2.45) is 5.92 Å². The lowest BCUT2D eigenvalue weighted by atomic mass is 9.73. The lowest BCUT2D eigenvalue weighted by Crippen LogP contribution is -2.42. The first-order valence-corrected chi connectivity index (χ1v) is 3.19. The molecule has 9 heavy (non-hydrogen) atoms. The number of nitriles is 1. The Morgan fingerprint density at radius 2 is 2.22 bits per heavy atom. The number of ether oxygens (including phenoxy) is 1. The molecule has 1 rings (SSSR count). The van der Waals surface area contributed by atoms with Crippen molar-refractivity contribution in [3.05, 3.63) is 0 Å². The summed E-state index contributed by atoms with van der Waals surface area (Å²) in [5, 5.41) is 8.58. The number of rotatable bonds is 1. The molecular formula is C7H11NO. The molecule has 0 unspecified atom stereocenters. The molecule has 1 saturated carbocycles. The fourth-order valence-corrected chi connectivity index (χ4v) is 1.37. The Hall–Kier alpha value is -0.550. The minimum atomic E-state index is -0.417. The summed E-state index contributed by atoms with van der Waals surface area (Å²) in [7, 11) is 1.61. The largest absolute Gasteiger partial charge is 0.363 e. The van der Waals surface area contributed by atoms with E-state index in [0.29, 0.717) is 5.92 Å². The molecule has 0 aromatic carbocycles. The Kier molecular flexibility index (Phi) is 1.46. The Bertz CT molecular complexity index is 141. The summed E-state index contributed by atoms with van der Waals surface area (Å²) >= 11 is 0. The van der Waals surface area contributed by atoms with Crippen molar-refractivity contribution in [3.63, 3.8) is 0 Å². The quantitative estimate of drug-likeness (QED) is 0.529. The van der Waals surface area contributed by atoms with Gasteiger partial charge in [-0.3, -0.25) is 0 Å². The highest BCUT2D eigenvalue weighted by molar-refractivity contribution is 5.09. The lowest BCUT2D eigenvalue weighted by molar-refractivity contribution is -0.0544. The number of hydrogen-bond donors (Lipinski definition) is 0. The molecule has 50 valence electrons. The minimum Gasteiger partial charge on any atom is -0.363 e. The molecule has 0 aromatic rings. The molecule has 0 radical (unpaired) electrons. The molecule has 0 spiro atoms. The average molecular weight is 125 g/mol. The minimum absolute atomic E-state index is 0.417. The first-order chi connectivity index (χ1) is 4.22. The summed E-state index contributed by atoms with van der Waals surface area (Å²) in [6, 6.07) is 2.17. The number of hydrogen-bond acceptors (Lipinski definition) is 2. The van der Waals surface area contributed by atoms with Gasteiger partial charge in [0.25, 0.3) is 0 Å². The van der Waals surface area contributed by atoms with E-state index in [9.17, 15) is 0 Å². The Morgan fingerprint density at radius 1 is 1.67 bits per heavy atom. The highest BCUT2D eigenvalue weighted by Crippen LogP contribution is 2.39. The van der Waals surface area contributed by atoms with E-state index in [-0.39, 0.29) is 0 Å². The molecule has 0 aromatic heterocycles. The first-order valence-electron chi connectivity index (χ1n) is 3.19. The monoisotopic (exact) mass is 125 g/mol. The van der Waals surface area contributed by atoms with Gasteiger partial charge in [0.05, 0.1) is 6.07 Å². The van der Waals surface area contributed by atoms with Gasteiger partial charge in [0.2, 0.25) is 0 Å².